The number of esters is 1. The van der Waals surface area contributed by atoms with E-state index in [1.807, 2.05) is 43.2 Å². The molecule has 0 saturated heterocycles. The van der Waals surface area contributed by atoms with Crippen molar-refractivity contribution in [3.63, 3.8) is 0 Å². The fourth-order valence-electron chi connectivity index (χ4n) is 2.76. The van der Waals surface area contributed by atoms with Crippen LogP contribution >= 0.6 is 47.8 Å². The topological polar surface area (TPSA) is 162 Å². The molecular formula is C29H26Br3KO9. The average Bonchev–Trinajstić information content (AvgIpc) is 2.97. The second-order valence-electron chi connectivity index (χ2n) is 7.67. The Kier molecular flexibility index (Phi) is 20.3. The largest absolute Gasteiger partial charge is 1.00 e. The third kappa shape index (κ3) is 14.8. The van der Waals surface area contributed by atoms with Gasteiger partial charge in [0.1, 0.15) is 47.5 Å². The third-order valence-corrected chi connectivity index (χ3v) is 6.47. The summed E-state index contributed by atoms with van der Waals surface area (Å²) in [6.45, 7) is 2.10. The van der Waals surface area contributed by atoms with Crippen LogP contribution in [0.25, 0.3) is 0 Å². The fraction of sp³-hybridized carbons (Fsp3) is 0.0690. The maximum atomic E-state index is 11.8. The molecule has 0 aromatic heterocycles. The Balaban J connectivity index is 0. The fourth-order valence-corrected chi connectivity index (χ4v) is 3.67. The standard InChI is InChI=1S/C14H11BrO4.C7H6Br2.C7H6O4.CH2O.K.H/c15-10-3-1-9(2-4-10)8-19-14(18)12-7-11(16)5-6-13(12)17;8-5-6-1-3-7(9)4-2-6;8-4-1-2-6(9)5(3-4)7(10)11;1-2;;/h1-7,16-17H,8H2;1-4H,5H2;1-3,8-9H,(H,10,11);1H2;;/q;;;;+1;-1. The molecule has 4 rings (SSSR count). The minimum Gasteiger partial charge on any atom is -1.00 e. The maximum absolute atomic E-state index is 11.8. The molecule has 0 amide bonds. The van der Waals surface area contributed by atoms with E-state index < -0.39 is 11.9 Å². The molecule has 0 unspecified atom stereocenters. The first kappa shape index (κ1) is 39.8. The first-order valence-electron chi connectivity index (χ1n) is 11.3. The van der Waals surface area contributed by atoms with Crippen LogP contribution in [0.3, 0.4) is 0 Å². The first-order valence-corrected chi connectivity index (χ1v) is 14.0. The van der Waals surface area contributed by atoms with Crippen molar-refractivity contribution in [3.8, 4) is 23.0 Å². The number of carboxylic acids is 1. The maximum Gasteiger partial charge on any atom is 1.00 e. The second kappa shape index (κ2) is 21.5. The van der Waals surface area contributed by atoms with Crippen LogP contribution < -0.4 is 51.4 Å². The summed E-state index contributed by atoms with van der Waals surface area (Å²) in [5.41, 5.74) is 1.77. The van der Waals surface area contributed by atoms with Crippen molar-refractivity contribution in [2.75, 3.05) is 0 Å². The summed E-state index contributed by atoms with van der Waals surface area (Å²) in [6, 6.07) is 22.6. The van der Waals surface area contributed by atoms with Crippen LogP contribution in [0.15, 0.2) is 93.9 Å². The van der Waals surface area contributed by atoms with Crippen molar-refractivity contribution in [2.24, 2.45) is 0 Å². The molecule has 0 saturated carbocycles. The van der Waals surface area contributed by atoms with Crippen molar-refractivity contribution in [1.29, 1.82) is 0 Å². The number of aromatic carboxylic acids is 1. The quantitative estimate of drug-likeness (QED) is 0.0860. The van der Waals surface area contributed by atoms with E-state index in [1.165, 1.54) is 29.8 Å². The number of carboxylic acid groups (broad SMARTS) is 1. The van der Waals surface area contributed by atoms with Crippen LogP contribution in [-0.4, -0.2) is 44.3 Å². The average molecular weight is 797 g/mol. The van der Waals surface area contributed by atoms with Gasteiger partial charge >= 0.3 is 63.3 Å². The van der Waals surface area contributed by atoms with Crippen LogP contribution in [-0.2, 0) is 21.5 Å². The number of rotatable bonds is 5. The second-order valence-corrected chi connectivity index (χ2v) is 10.1. The number of aromatic hydroxyl groups is 4. The number of carbonyl (C=O) groups excluding carboxylic acids is 2. The molecule has 0 aliphatic heterocycles. The van der Waals surface area contributed by atoms with Crippen LogP contribution in [0.4, 0.5) is 0 Å². The number of phenols is 4. The van der Waals surface area contributed by atoms with Crippen molar-refractivity contribution >= 4 is 66.5 Å². The van der Waals surface area contributed by atoms with E-state index in [0.717, 1.165) is 32.0 Å². The summed E-state index contributed by atoms with van der Waals surface area (Å²) in [5.74, 6) is -2.81. The summed E-state index contributed by atoms with van der Waals surface area (Å²) in [6.07, 6.45) is 0. The SMILES string of the molecule is BrCc1ccc(Br)cc1.C=O.O=C(O)c1cc(O)ccc1O.O=C(OCc1ccc(Br)cc1)c1cc(O)ccc1O.[H-].[K+]. The Morgan fingerprint density at radius 3 is 1.50 bits per heavy atom. The molecule has 9 nitrogen and oxygen atoms in total. The molecular weight excluding hydrogens is 771 g/mol. The predicted octanol–water partition coefficient (Wildman–Crippen LogP) is 4.29. The number of carbonyl (C=O) groups is 3. The van der Waals surface area contributed by atoms with Crippen molar-refractivity contribution in [3.05, 3.63) is 116 Å². The van der Waals surface area contributed by atoms with Crippen LogP contribution in [0, 0.1) is 0 Å². The van der Waals surface area contributed by atoms with E-state index >= 15 is 0 Å². The van der Waals surface area contributed by atoms with Gasteiger partial charge in [-0.3, -0.25) is 0 Å². The number of halogens is 3. The van der Waals surface area contributed by atoms with Crippen molar-refractivity contribution in [2.45, 2.75) is 11.9 Å². The van der Waals surface area contributed by atoms with Crippen LogP contribution in [0.5, 0.6) is 23.0 Å². The van der Waals surface area contributed by atoms with Crippen LogP contribution in [0.2, 0.25) is 0 Å². The van der Waals surface area contributed by atoms with Crippen molar-refractivity contribution < 1.29 is 97.5 Å². The van der Waals surface area contributed by atoms with Gasteiger partial charge in [-0.15, -0.1) is 0 Å². The first-order chi connectivity index (χ1) is 19.5. The number of phenolic OH excluding ortho intramolecular Hbond substituents is 3. The van der Waals surface area contributed by atoms with E-state index in [2.05, 4.69) is 59.9 Å². The van der Waals surface area contributed by atoms with Gasteiger partial charge in [-0.05, 0) is 71.8 Å². The van der Waals surface area contributed by atoms with Gasteiger partial charge in [-0.1, -0.05) is 72.1 Å². The summed E-state index contributed by atoms with van der Waals surface area (Å²) in [7, 11) is 0. The monoisotopic (exact) mass is 794 g/mol. The molecule has 0 spiro atoms. The van der Waals surface area contributed by atoms with Gasteiger partial charge in [0, 0.05) is 14.3 Å². The normalized spacial score (nSPS) is 9.21. The minimum absolute atomic E-state index is 0. The van der Waals surface area contributed by atoms with Gasteiger partial charge in [-0.2, -0.15) is 0 Å². The van der Waals surface area contributed by atoms with Crippen LogP contribution in [0.1, 0.15) is 33.3 Å². The molecule has 4 aromatic rings. The third-order valence-electron chi connectivity index (χ3n) is 4.76. The molecule has 218 valence electrons. The molecule has 4 aromatic carbocycles. The Morgan fingerprint density at radius 1 is 0.690 bits per heavy atom. The van der Waals surface area contributed by atoms with E-state index in [0.29, 0.717) is 0 Å². The Hall–Kier alpha value is -2.23. The molecule has 0 heterocycles. The summed E-state index contributed by atoms with van der Waals surface area (Å²) < 4.78 is 7.13. The Bertz CT molecular complexity index is 1420. The smallest absolute Gasteiger partial charge is 1.00 e. The van der Waals surface area contributed by atoms with Gasteiger partial charge < -0.3 is 36.5 Å². The zero-order chi connectivity index (χ0) is 30.9. The summed E-state index contributed by atoms with van der Waals surface area (Å²) in [4.78, 5) is 30.1. The molecule has 0 atom stereocenters. The molecule has 0 aliphatic rings. The van der Waals surface area contributed by atoms with Gasteiger partial charge in [0.2, 0.25) is 0 Å². The minimum atomic E-state index is -1.27. The Morgan fingerprint density at radius 2 is 1.10 bits per heavy atom. The number of hydrogen-bond donors (Lipinski definition) is 5. The zero-order valence-corrected chi connectivity index (χ0v) is 30.1. The van der Waals surface area contributed by atoms with E-state index in [9.17, 15) is 19.8 Å². The van der Waals surface area contributed by atoms with Crippen molar-refractivity contribution in [1.82, 2.24) is 0 Å². The van der Waals surface area contributed by atoms with Gasteiger partial charge in [0.15, 0.2) is 0 Å². The molecule has 13 heteroatoms. The molecule has 0 radical (unpaired) electrons. The number of hydrogen-bond acceptors (Lipinski definition) is 8. The molecule has 0 bridgehead atoms. The van der Waals surface area contributed by atoms with Gasteiger partial charge in [0.25, 0.3) is 0 Å². The number of alkyl halides is 1. The summed E-state index contributed by atoms with van der Waals surface area (Å²) in [5, 5.41) is 45.9. The molecule has 0 fully saturated rings. The van der Waals surface area contributed by atoms with Gasteiger partial charge in [-0.25, -0.2) is 9.59 Å². The molecule has 0 aliphatic carbocycles. The van der Waals surface area contributed by atoms with E-state index in [4.69, 9.17) is 24.9 Å². The Labute approximate surface area is 311 Å². The molecule has 42 heavy (non-hydrogen) atoms. The molecule has 5 N–H and O–H groups in total. The summed E-state index contributed by atoms with van der Waals surface area (Å²) >= 11 is 10.0. The number of benzene rings is 4. The van der Waals surface area contributed by atoms with E-state index in [-0.39, 0.29) is 93.5 Å². The number of ether oxygens (including phenoxy) is 1. The predicted molar refractivity (Wildman–Crippen MR) is 165 cm³/mol. The van der Waals surface area contributed by atoms with E-state index in [1.54, 1.807) is 0 Å². The zero-order valence-electron chi connectivity index (χ0n) is 23.2. The van der Waals surface area contributed by atoms with Gasteiger partial charge in [0.05, 0.1) is 0 Å².